The Hall–Kier alpha value is -1.16. The van der Waals surface area contributed by atoms with Gasteiger partial charge in [-0.2, -0.15) is 0 Å². The molecule has 5 heteroatoms. The number of carbonyl (C=O) groups excluding carboxylic acids is 1. The summed E-state index contributed by atoms with van der Waals surface area (Å²) in [6, 6.07) is 0. The number of nitrogens with zero attached hydrogens (tertiary/aromatic N) is 2. The molecular formula is C7H8ClN3O. The molecule has 1 rings (SSSR count). The lowest BCUT2D eigenvalue weighted by Gasteiger charge is -2.04. The van der Waals surface area contributed by atoms with Crippen molar-refractivity contribution in [2.45, 2.75) is 6.92 Å². The fourth-order valence-electron chi connectivity index (χ4n) is 0.747. The average Bonchev–Trinajstić information content (AvgIpc) is 1.99. The number of halogens is 1. The van der Waals surface area contributed by atoms with Gasteiger partial charge in [0.25, 0.3) is 0 Å². The molecule has 1 N–H and O–H groups in total. The molecule has 0 saturated heterocycles. The van der Waals surface area contributed by atoms with E-state index in [1.165, 1.54) is 0 Å². The number of hydrogen-bond donors (Lipinski definition) is 1. The molecular weight excluding hydrogens is 178 g/mol. The van der Waals surface area contributed by atoms with E-state index in [4.69, 9.17) is 15.7 Å². The second-order valence-corrected chi connectivity index (χ2v) is 2.42. The summed E-state index contributed by atoms with van der Waals surface area (Å²) in [6.07, 6.45) is 0.413. The molecule has 0 atom stereocenters. The highest BCUT2D eigenvalue weighted by Gasteiger charge is 2.08. The monoisotopic (exact) mass is 188 g/mol. The zero-order chi connectivity index (χ0) is 11.6. The van der Waals surface area contributed by atoms with Gasteiger partial charge in [0.05, 0.1) is 5.56 Å². The maximum absolute atomic E-state index is 10.7. The van der Waals surface area contributed by atoms with Crippen LogP contribution in [-0.2, 0) is 0 Å². The summed E-state index contributed by atoms with van der Waals surface area (Å²) in [5.74, 6) is 0.208. The van der Waals surface area contributed by atoms with Gasteiger partial charge >= 0.3 is 0 Å². The molecule has 0 spiro atoms. The van der Waals surface area contributed by atoms with Gasteiger partial charge in [-0.1, -0.05) is 11.6 Å². The number of aryl methyl sites for hydroxylation is 1. The fourth-order valence-corrected chi connectivity index (χ4v) is 1.00. The third-order valence-electron chi connectivity index (χ3n) is 1.25. The van der Waals surface area contributed by atoms with Crippen molar-refractivity contribution >= 4 is 23.7 Å². The minimum absolute atomic E-state index is 0.0570. The number of anilines is 1. The Balaban J connectivity index is 3.21. The third kappa shape index (κ3) is 1.53. The van der Waals surface area contributed by atoms with Crippen LogP contribution < -0.4 is 5.32 Å². The number of hydrogen-bond acceptors (Lipinski definition) is 4. The summed E-state index contributed by atoms with van der Waals surface area (Å²) in [5.41, 5.74) is -0.0570. The van der Waals surface area contributed by atoms with E-state index in [-0.39, 0.29) is 22.4 Å². The molecule has 0 bridgehead atoms. The largest absolute Gasteiger partial charge is 0.372 e. The molecule has 1 aromatic rings. The highest BCUT2D eigenvalue weighted by Crippen LogP contribution is 2.17. The summed E-state index contributed by atoms with van der Waals surface area (Å²) in [4.78, 5) is 18.2. The van der Waals surface area contributed by atoms with Gasteiger partial charge < -0.3 is 5.32 Å². The summed E-state index contributed by atoms with van der Waals surface area (Å²) in [6.45, 7) is -0.882. The Morgan fingerprint density at radius 3 is 3.00 bits per heavy atom. The predicted molar refractivity (Wildman–Crippen MR) is 46.7 cm³/mol. The van der Waals surface area contributed by atoms with Gasteiger partial charge in [-0.3, -0.25) is 4.79 Å². The maximum Gasteiger partial charge on any atom is 0.156 e. The Morgan fingerprint density at radius 2 is 2.42 bits per heavy atom. The topological polar surface area (TPSA) is 54.9 Å². The average molecular weight is 189 g/mol. The molecule has 0 amide bonds. The summed E-state index contributed by atoms with van der Waals surface area (Å²) < 4.78 is 21.0. The third-order valence-corrected chi connectivity index (χ3v) is 1.54. The molecule has 0 saturated carbocycles. The Kier molecular flexibility index (Phi) is 1.59. The molecule has 4 nitrogen and oxygen atoms in total. The van der Waals surface area contributed by atoms with Crippen molar-refractivity contribution in [3.8, 4) is 0 Å². The van der Waals surface area contributed by atoms with Crippen LogP contribution in [0.4, 0.5) is 5.82 Å². The van der Waals surface area contributed by atoms with Gasteiger partial charge in [-0.15, -0.1) is 0 Å². The Bertz CT molecular complexity index is 394. The van der Waals surface area contributed by atoms with Crippen molar-refractivity contribution in [3.05, 3.63) is 16.5 Å². The molecule has 12 heavy (non-hydrogen) atoms. The van der Waals surface area contributed by atoms with Crippen molar-refractivity contribution in [3.63, 3.8) is 0 Å². The molecule has 1 aromatic heterocycles. The summed E-state index contributed by atoms with van der Waals surface area (Å²) in [7, 11) is 0. The van der Waals surface area contributed by atoms with Gasteiger partial charge in [0.1, 0.15) is 16.8 Å². The SMILES string of the molecule is [2H]C([2H])([2H])Nc1nc(C)nc(Cl)c1C=O. The Labute approximate surface area is 79.2 Å². The number of carbonyl (C=O) groups is 1. The quantitative estimate of drug-likeness (QED) is 0.562. The first-order chi connectivity index (χ1) is 6.83. The second kappa shape index (κ2) is 3.49. The highest BCUT2D eigenvalue weighted by molar-refractivity contribution is 6.32. The Morgan fingerprint density at radius 1 is 1.67 bits per heavy atom. The second-order valence-electron chi connectivity index (χ2n) is 2.07. The molecule has 0 aliphatic rings. The lowest BCUT2D eigenvalue weighted by atomic mass is 10.3. The lowest BCUT2D eigenvalue weighted by molar-refractivity contribution is 0.112. The van der Waals surface area contributed by atoms with E-state index in [1.54, 1.807) is 6.92 Å². The molecule has 0 fully saturated rings. The first-order valence-electron chi connectivity index (χ1n) is 4.61. The molecule has 0 unspecified atom stereocenters. The van der Waals surface area contributed by atoms with Crippen LogP contribution in [0.1, 0.15) is 20.3 Å². The van der Waals surface area contributed by atoms with Crippen molar-refractivity contribution in [2.24, 2.45) is 0 Å². The van der Waals surface area contributed by atoms with Crippen LogP contribution in [0.2, 0.25) is 5.15 Å². The van der Waals surface area contributed by atoms with E-state index in [0.29, 0.717) is 6.29 Å². The van der Waals surface area contributed by atoms with E-state index in [2.05, 4.69) is 15.3 Å². The van der Waals surface area contributed by atoms with Gasteiger partial charge in [-0.05, 0) is 6.92 Å². The van der Waals surface area contributed by atoms with Crippen LogP contribution >= 0.6 is 11.6 Å². The van der Waals surface area contributed by atoms with Gasteiger partial charge in [0, 0.05) is 11.1 Å². The van der Waals surface area contributed by atoms with Crippen LogP contribution in [0.25, 0.3) is 0 Å². The minimum atomic E-state index is -2.43. The van der Waals surface area contributed by atoms with Gasteiger partial charge in [0.15, 0.2) is 6.29 Å². The molecule has 0 radical (unpaired) electrons. The predicted octanol–water partition coefficient (Wildman–Crippen LogP) is 1.29. The fraction of sp³-hybridized carbons (Fsp3) is 0.286. The van der Waals surface area contributed by atoms with Crippen LogP contribution in [0, 0.1) is 6.92 Å². The first-order valence-corrected chi connectivity index (χ1v) is 3.49. The van der Waals surface area contributed by atoms with Crippen LogP contribution in [0.3, 0.4) is 0 Å². The zero-order valence-electron chi connectivity index (χ0n) is 9.26. The summed E-state index contributed by atoms with van der Waals surface area (Å²) in [5, 5.41) is 2.05. The van der Waals surface area contributed by atoms with Crippen molar-refractivity contribution < 1.29 is 8.91 Å². The minimum Gasteiger partial charge on any atom is -0.372 e. The smallest absolute Gasteiger partial charge is 0.156 e. The molecule has 0 aliphatic carbocycles. The normalized spacial score (nSPS) is 14.3. The van der Waals surface area contributed by atoms with Crippen molar-refractivity contribution in [1.29, 1.82) is 0 Å². The van der Waals surface area contributed by atoms with E-state index >= 15 is 0 Å². The van der Waals surface area contributed by atoms with E-state index in [9.17, 15) is 4.79 Å². The molecule has 0 aromatic carbocycles. The van der Waals surface area contributed by atoms with Crippen LogP contribution in [0.5, 0.6) is 0 Å². The number of nitrogens with one attached hydrogen (secondary N) is 1. The molecule has 64 valence electrons. The van der Waals surface area contributed by atoms with Gasteiger partial charge in [-0.25, -0.2) is 9.97 Å². The van der Waals surface area contributed by atoms with E-state index in [1.807, 2.05) is 0 Å². The summed E-state index contributed by atoms with van der Waals surface area (Å²) >= 11 is 5.66. The van der Waals surface area contributed by atoms with Gasteiger partial charge in [0.2, 0.25) is 0 Å². The standard InChI is InChI=1S/C7H8ClN3O/c1-4-10-6(8)5(3-12)7(9-2)11-4/h3H,1-2H3,(H,9,10,11)/i2D3. The van der Waals surface area contributed by atoms with Crippen molar-refractivity contribution in [2.75, 3.05) is 12.3 Å². The van der Waals surface area contributed by atoms with E-state index in [0.717, 1.165) is 0 Å². The first kappa shape index (κ1) is 5.48. The number of aldehydes is 1. The molecule has 1 heterocycles. The van der Waals surface area contributed by atoms with Crippen LogP contribution in [-0.4, -0.2) is 23.2 Å². The lowest BCUT2D eigenvalue weighted by Crippen LogP contribution is -2.02. The molecule has 0 aliphatic heterocycles. The van der Waals surface area contributed by atoms with Crippen LogP contribution in [0.15, 0.2) is 0 Å². The number of aromatic nitrogens is 2. The van der Waals surface area contributed by atoms with Crippen molar-refractivity contribution in [1.82, 2.24) is 9.97 Å². The number of rotatable bonds is 2. The maximum atomic E-state index is 10.7. The van der Waals surface area contributed by atoms with E-state index < -0.39 is 6.98 Å². The highest BCUT2D eigenvalue weighted by atomic mass is 35.5. The zero-order valence-corrected chi connectivity index (χ0v) is 7.01.